The summed E-state index contributed by atoms with van der Waals surface area (Å²) in [5, 5.41) is 14.3. The first-order chi connectivity index (χ1) is 59.5. The van der Waals surface area contributed by atoms with Crippen molar-refractivity contribution in [2.75, 3.05) is 0 Å². The molecule has 25 aromatic rings. The van der Waals surface area contributed by atoms with Crippen LogP contribution in [0.4, 0.5) is 0 Å². The smallest absolute Gasteiger partial charge is 0.167 e. The van der Waals surface area contributed by atoms with Crippen LogP contribution in [-0.4, -0.2) is 48.2 Å². The van der Waals surface area contributed by atoms with Crippen LogP contribution in [-0.2, 0) is 0 Å². The van der Waals surface area contributed by atoms with Crippen molar-refractivity contribution in [2.45, 2.75) is 0 Å². The van der Waals surface area contributed by atoms with Crippen LogP contribution in [0.1, 0.15) is 0 Å². The molecule has 0 fully saturated rings. The minimum absolute atomic E-state index is 0.559. The zero-order valence-corrected chi connectivity index (χ0v) is 65.2. The van der Waals surface area contributed by atoms with Gasteiger partial charge in [-0.3, -0.25) is 0 Å². The van der Waals surface area contributed by atoms with Gasteiger partial charge in [0.1, 0.15) is 11.2 Å². The maximum absolute atomic E-state index is 6.45. The molecule has 12 heteroatoms. The first-order valence-corrected chi connectivity index (χ1v) is 41.1. The van der Waals surface area contributed by atoms with Gasteiger partial charge in [-0.1, -0.05) is 273 Å². The molecule has 0 saturated carbocycles. The molecule has 0 aliphatic carbocycles. The van der Waals surface area contributed by atoms with E-state index in [0.717, 1.165) is 111 Å². The monoisotopic (exact) mass is 1550 g/mol. The number of benzene rings is 17. The zero-order chi connectivity index (χ0) is 78.9. The van der Waals surface area contributed by atoms with Gasteiger partial charge in [-0.05, 0) is 139 Å². The molecule has 17 aromatic carbocycles. The van der Waals surface area contributed by atoms with E-state index in [1.807, 2.05) is 78.9 Å². The number of furan rings is 1. The Kier molecular flexibility index (Phi) is 15.9. The number of rotatable bonds is 11. The van der Waals surface area contributed by atoms with Crippen molar-refractivity contribution in [1.82, 2.24) is 48.2 Å². The summed E-state index contributed by atoms with van der Waals surface area (Å²) in [4.78, 5) is 31.1. The largest absolute Gasteiger partial charge is 0.455 e. The Morgan fingerprint density at radius 3 is 1.06 bits per heavy atom. The van der Waals surface area contributed by atoms with E-state index in [2.05, 4.69) is 340 Å². The Morgan fingerprint density at radius 2 is 0.533 bits per heavy atom. The summed E-state index contributed by atoms with van der Waals surface area (Å²) in [5.41, 5.74) is 22.8. The van der Waals surface area contributed by atoms with Crippen molar-refractivity contribution in [3.8, 4) is 102 Å². The van der Waals surface area contributed by atoms with Crippen LogP contribution >= 0.6 is 11.3 Å². The van der Waals surface area contributed by atoms with Crippen molar-refractivity contribution < 1.29 is 4.42 Å². The second-order valence-electron chi connectivity index (χ2n) is 30.4. The van der Waals surface area contributed by atoms with Crippen LogP contribution in [0, 0.1) is 0 Å². The van der Waals surface area contributed by atoms with E-state index < -0.39 is 0 Å². The van der Waals surface area contributed by atoms with Crippen LogP contribution < -0.4 is 0 Å². The number of thiophene rings is 1. The van der Waals surface area contributed by atoms with E-state index in [1.54, 1.807) is 11.3 Å². The topological polar surface area (TPSA) is 110 Å². The van der Waals surface area contributed by atoms with E-state index in [9.17, 15) is 0 Å². The fraction of sp³-hybridized carbons (Fsp3) is 0. The molecule has 0 aliphatic heterocycles. The highest BCUT2D eigenvalue weighted by Gasteiger charge is 2.25. The van der Waals surface area contributed by atoms with Gasteiger partial charge in [0.25, 0.3) is 0 Å². The summed E-state index contributed by atoms with van der Waals surface area (Å²) in [7, 11) is 0. The fourth-order valence-corrected chi connectivity index (χ4v) is 19.4. The lowest BCUT2D eigenvalue weighted by Crippen LogP contribution is -2.02. The lowest BCUT2D eigenvalue weighted by molar-refractivity contribution is 0.669. The van der Waals surface area contributed by atoms with Gasteiger partial charge in [0, 0.05) is 125 Å². The van der Waals surface area contributed by atoms with Gasteiger partial charge in [0.2, 0.25) is 0 Å². The molecule has 0 amide bonds. The fourth-order valence-electron chi connectivity index (χ4n) is 18.1. The maximum Gasteiger partial charge on any atom is 0.167 e. The Labute approximate surface area is 691 Å². The molecule has 0 saturated heterocycles. The highest BCUT2D eigenvalue weighted by atomic mass is 32.1. The molecule has 0 spiro atoms. The van der Waals surface area contributed by atoms with Gasteiger partial charge in [-0.15, -0.1) is 11.3 Å². The van der Waals surface area contributed by atoms with Crippen LogP contribution in [0.3, 0.4) is 0 Å². The van der Waals surface area contributed by atoms with Crippen molar-refractivity contribution >= 4 is 141 Å². The highest BCUT2D eigenvalue weighted by molar-refractivity contribution is 7.26. The third-order valence-corrected chi connectivity index (χ3v) is 24.7. The third kappa shape index (κ3) is 11.3. The average molecular weight is 1550 g/mol. The lowest BCUT2D eigenvalue weighted by Gasteiger charge is -2.15. The highest BCUT2D eigenvalue weighted by Crippen LogP contribution is 2.45. The summed E-state index contributed by atoms with van der Waals surface area (Å²) >= 11 is 1.78. The Morgan fingerprint density at radius 1 is 0.192 bits per heavy atom. The van der Waals surface area contributed by atoms with Gasteiger partial charge in [-0.2, -0.15) is 0 Å². The molecule has 0 N–H and O–H groups in total. The van der Waals surface area contributed by atoms with Crippen LogP contribution in [0.2, 0.25) is 0 Å². The molecule has 0 bridgehead atoms. The number of aromatic nitrogens is 10. The second kappa shape index (κ2) is 27.9. The van der Waals surface area contributed by atoms with Crippen LogP contribution in [0.25, 0.3) is 232 Å². The van der Waals surface area contributed by atoms with E-state index in [-0.39, 0.29) is 0 Å². The van der Waals surface area contributed by atoms with Gasteiger partial charge >= 0.3 is 0 Å². The molecular formula is C108H66N10OS. The molecular weight excluding hydrogens is 1490 g/mol. The van der Waals surface area contributed by atoms with Crippen molar-refractivity contribution in [1.29, 1.82) is 0 Å². The predicted octanol–water partition coefficient (Wildman–Crippen LogP) is 28.1. The van der Waals surface area contributed by atoms with Crippen molar-refractivity contribution in [2.24, 2.45) is 0 Å². The molecule has 8 aromatic heterocycles. The quantitative estimate of drug-likeness (QED) is 0.127. The van der Waals surface area contributed by atoms with Crippen LogP contribution in [0.15, 0.2) is 405 Å². The van der Waals surface area contributed by atoms with Crippen molar-refractivity contribution in [3.63, 3.8) is 0 Å². The number of hydrogen-bond acceptors (Lipinski definition) is 8. The van der Waals surface area contributed by atoms with Crippen LogP contribution in [0.5, 0.6) is 0 Å². The standard InChI is InChI=1S/C57H35N5S.C51H31N5O/c1-3-16-36(17-4-1)38-32-39(56-58-55(37-18-5-2-6-19-37)59-57(60-56)47-25-15-24-46-45-23-10-14-29-53(45)63-54(46)47)34-41(33-38)62-51-28-13-9-22-44(51)48-35-40(30-31-52(48)62)61-49-26-11-7-20-42(49)43-21-8-12-27-50(43)61;1-2-14-32(15-3-1)49-52-50(54-51(53-49)41-23-13-22-40-39-21-7-11-27-47(39)57-48(40)41)33-16-12-17-34(30-33)55-45-26-10-6-20-38(45)42-31-35(28-29-46(42)55)56-43-24-8-4-18-36(43)37-19-5-9-25-44(37)56/h1-35H;1-31H. The van der Waals surface area contributed by atoms with Gasteiger partial charge in [0.15, 0.2) is 34.9 Å². The lowest BCUT2D eigenvalue weighted by atomic mass is 10.0. The summed E-state index contributed by atoms with van der Waals surface area (Å²) < 4.78 is 18.4. The Balaban J connectivity index is 0.000000137. The molecule has 0 aliphatic rings. The second-order valence-corrected chi connectivity index (χ2v) is 31.5. The normalized spacial score (nSPS) is 11.8. The molecule has 0 atom stereocenters. The number of fused-ring (bicyclic) bond motifs is 18. The molecule has 0 radical (unpaired) electrons. The number of nitrogens with zero attached hydrogens (tertiary/aromatic N) is 10. The molecule has 25 rings (SSSR count). The predicted molar refractivity (Wildman–Crippen MR) is 495 cm³/mol. The van der Waals surface area contributed by atoms with Gasteiger partial charge in [-0.25, -0.2) is 29.9 Å². The first-order valence-electron chi connectivity index (χ1n) is 40.3. The number of para-hydroxylation sites is 8. The van der Waals surface area contributed by atoms with Crippen molar-refractivity contribution in [3.05, 3.63) is 400 Å². The van der Waals surface area contributed by atoms with Gasteiger partial charge < -0.3 is 22.7 Å². The minimum atomic E-state index is 0.559. The Bertz CT molecular complexity index is 8340. The summed E-state index contributed by atoms with van der Waals surface area (Å²) in [5.74, 6) is 3.65. The molecule has 11 nitrogen and oxygen atoms in total. The van der Waals surface area contributed by atoms with E-state index in [4.69, 9.17) is 34.3 Å². The SMILES string of the molecule is c1ccc(-c2cc(-c3nc(-c4ccccc4)nc(-c4cccc5c4sc4ccccc45)n3)cc(-n3c4ccccc4c4cc(-n5c6ccccc6c6ccccc65)ccc43)c2)cc1.c1ccc(-c2nc(-c3cccc(-n4c5ccccc5c5cc(-n6c7ccccc7c7ccccc76)ccc54)c3)nc(-c3cccc4c3oc3ccccc34)n2)cc1. The van der Waals surface area contributed by atoms with E-state index >= 15 is 0 Å². The molecule has 0 unspecified atom stereocenters. The summed E-state index contributed by atoms with van der Waals surface area (Å²) in [6, 6.07) is 141. The molecule has 120 heavy (non-hydrogen) atoms. The Hall–Kier alpha value is -16.0. The third-order valence-electron chi connectivity index (χ3n) is 23.5. The zero-order valence-electron chi connectivity index (χ0n) is 64.4. The van der Waals surface area contributed by atoms with E-state index in [0.29, 0.717) is 34.9 Å². The minimum Gasteiger partial charge on any atom is -0.455 e. The summed E-state index contributed by atoms with van der Waals surface area (Å²) in [6.07, 6.45) is 0. The average Bonchev–Trinajstić information content (AvgIpc) is 1.58. The van der Waals surface area contributed by atoms with E-state index in [1.165, 1.54) is 85.3 Å². The summed E-state index contributed by atoms with van der Waals surface area (Å²) in [6.45, 7) is 0. The maximum atomic E-state index is 6.45. The first kappa shape index (κ1) is 68.4. The number of hydrogen-bond donors (Lipinski definition) is 0. The molecule has 560 valence electrons. The van der Waals surface area contributed by atoms with Gasteiger partial charge in [0.05, 0.1) is 49.7 Å². The molecule has 8 heterocycles.